The van der Waals surface area contributed by atoms with Gasteiger partial charge in [0.2, 0.25) is 5.91 Å². The molecule has 0 aromatic heterocycles. The Balaban J connectivity index is 1.26. The van der Waals surface area contributed by atoms with Crippen LogP contribution in [0.15, 0.2) is 48.5 Å². The molecule has 0 spiro atoms. The average molecular weight is 479 g/mol. The molecule has 0 aliphatic heterocycles. The highest BCUT2D eigenvalue weighted by molar-refractivity contribution is 5.79. The molecule has 2 aliphatic rings. The van der Waals surface area contributed by atoms with Gasteiger partial charge in [0.1, 0.15) is 6.61 Å². The molecular formula is C28H34N2O5. The first-order valence-corrected chi connectivity index (χ1v) is 12.4. The highest BCUT2D eigenvalue weighted by Gasteiger charge is 2.43. The normalized spacial score (nSPS) is 18.9. The summed E-state index contributed by atoms with van der Waals surface area (Å²) in [4.78, 5) is 35.9. The molecule has 3 atom stereocenters. The van der Waals surface area contributed by atoms with E-state index in [4.69, 9.17) is 9.84 Å². The lowest BCUT2D eigenvalue weighted by molar-refractivity contribution is -0.139. The fourth-order valence-corrected chi connectivity index (χ4v) is 5.14. The summed E-state index contributed by atoms with van der Waals surface area (Å²) < 4.78 is 5.62. The average Bonchev–Trinajstić information content (AvgIpc) is 3.55. The molecule has 0 unspecified atom stereocenters. The van der Waals surface area contributed by atoms with Crippen molar-refractivity contribution < 1.29 is 24.2 Å². The molecule has 0 heterocycles. The molecule has 7 heteroatoms. The van der Waals surface area contributed by atoms with Gasteiger partial charge >= 0.3 is 12.1 Å². The van der Waals surface area contributed by atoms with E-state index in [1.807, 2.05) is 24.3 Å². The van der Waals surface area contributed by atoms with Crippen LogP contribution < -0.4 is 10.6 Å². The van der Waals surface area contributed by atoms with Gasteiger partial charge in [-0.05, 0) is 52.8 Å². The Labute approximate surface area is 206 Å². The largest absolute Gasteiger partial charge is 0.481 e. The SMILES string of the molecule is CC(C)C[C@H](CNC(=O)OCC1c2ccccc2-c2ccccc21)CC(=O)NC[C@H]1C[C@H]1C(=O)O. The van der Waals surface area contributed by atoms with E-state index in [9.17, 15) is 14.4 Å². The number of aliphatic carboxylic acids is 1. The van der Waals surface area contributed by atoms with Crippen molar-refractivity contribution in [2.75, 3.05) is 19.7 Å². The molecule has 2 aliphatic carbocycles. The maximum Gasteiger partial charge on any atom is 0.407 e. The Bertz CT molecular complexity index is 1040. The number of fused-ring (bicyclic) bond motifs is 3. The molecule has 2 aromatic rings. The van der Waals surface area contributed by atoms with Crippen molar-refractivity contribution >= 4 is 18.0 Å². The highest BCUT2D eigenvalue weighted by atomic mass is 16.5. The zero-order valence-corrected chi connectivity index (χ0v) is 20.3. The third-order valence-corrected chi connectivity index (χ3v) is 6.96. The first-order chi connectivity index (χ1) is 16.8. The smallest absolute Gasteiger partial charge is 0.407 e. The van der Waals surface area contributed by atoms with Crippen LogP contribution in [0.1, 0.15) is 50.2 Å². The molecule has 35 heavy (non-hydrogen) atoms. The maximum absolute atomic E-state index is 12.5. The van der Waals surface area contributed by atoms with Gasteiger partial charge in [-0.15, -0.1) is 0 Å². The van der Waals surface area contributed by atoms with Gasteiger partial charge in [-0.2, -0.15) is 0 Å². The quantitative estimate of drug-likeness (QED) is 0.444. The summed E-state index contributed by atoms with van der Waals surface area (Å²) in [5.41, 5.74) is 4.69. The number of benzene rings is 2. The number of carbonyl (C=O) groups excluding carboxylic acids is 2. The Morgan fingerprint density at radius 2 is 1.63 bits per heavy atom. The number of ether oxygens (including phenoxy) is 1. The number of carbonyl (C=O) groups is 3. The summed E-state index contributed by atoms with van der Waals surface area (Å²) in [5.74, 6) is -0.865. The van der Waals surface area contributed by atoms with Crippen LogP contribution in [0.4, 0.5) is 4.79 Å². The summed E-state index contributed by atoms with van der Waals surface area (Å²) in [6.45, 7) is 5.16. The van der Waals surface area contributed by atoms with E-state index in [0.29, 0.717) is 25.4 Å². The van der Waals surface area contributed by atoms with Crippen molar-refractivity contribution in [3.63, 3.8) is 0 Å². The van der Waals surface area contributed by atoms with Crippen molar-refractivity contribution in [3.8, 4) is 11.1 Å². The fourth-order valence-electron chi connectivity index (χ4n) is 5.14. The van der Waals surface area contributed by atoms with Crippen molar-refractivity contribution in [2.45, 2.75) is 39.0 Å². The second kappa shape index (κ2) is 10.9. The van der Waals surface area contributed by atoms with E-state index in [1.54, 1.807) is 0 Å². The van der Waals surface area contributed by atoms with Crippen LogP contribution in [-0.4, -0.2) is 42.8 Å². The first kappa shape index (κ1) is 24.8. The minimum Gasteiger partial charge on any atom is -0.481 e. The minimum absolute atomic E-state index is 0.00226. The zero-order valence-electron chi connectivity index (χ0n) is 20.3. The monoisotopic (exact) mass is 478 g/mol. The Hall–Kier alpha value is -3.35. The van der Waals surface area contributed by atoms with Crippen LogP contribution in [0.25, 0.3) is 11.1 Å². The highest BCUT2D eigenvalue weighted by Crippen LogP contribution is 2.44. The Morgan fingerprint density at radius 3 is 2.20 bits per heavy atom. The lowest BCUT2D eigenvalue weighted by Crippen LogP contribution is -2.35. The van der Waals surface area contributed by atoms with Crippen molar-refractivity contribution in [2.24, 2.45) is 23.7 Å². The summed E-state index contributed by atoms with van der Waals surface area (Å²) >= 11 is 0. The predicted octanol–water partition coefficient (Wildman–Crippen LogP) is 4.41. The van der Waals surface area contributed by atoms with Crippen molar-refractivity contribution in [3.05, 3.63) is 59.7 Å². The maximum atomic E-state index is 12.5. The number of alkyl carbamates (subject to hydrolysis) is 1. The van der Waals surface area contributed by atoms with Gasteiger partial charge in [-0.1, -0.05) is 62.4 Å². The van der Waals surface area contributed by atoms with Crippen LogP contribution in [0.5, 0.6) is 0 Å². The van der Waals surface area contributed by atoms with Gasteiger partial charge in [-0.3, -0.25) is 9.59 Å². The minimum atomic E-state index is -0.797. The summed E-state index contributed by atoms with van der Waals surface area (Å²) in [5, 5.41) is 14.7. The Kier molecular flexibility index (Phi) is 7.73. The standard InChI is InChI=1S/C28H34N2O5/c1-17(2)11-18(12-26(31)29-15-19-13-24(19)27(32)33)14-30-28(34)35-16-25-22-9-5-3-7-20(22)21-8-4-6-10-23(21)25/h3-10,17-19,24-25H,11-16H2,1-2H3,(H,29,31)(H,30,34)(H,32,33)/t18-,19+,24+/m0/s1. The molecule has 1 fully saturated rings. The summed E-state index contributed by atoms with van der Waals surface area (Å²) in [6, 6.07) is 16.4. The number of amides is 2. The molecule has 0 radical (unpaired) electrons. The molecule has 186 valence electrons. The summed E-state index contributed by atoms with van der Waals surface area (Å²) in [6.07, 6.45) is 1.21. The number of nitrogens with one attached hydrogen (secondary N) is 2. The molecule has 0 saturated heterocycles. The van der Waals surface area contributed by atoms with E-state index in [1.165, 1.54) is 11.1 Å². The van der Waals surface area contributed by atoms with Gasteiger partial charge in [0.05, 0.1) is 5.92 Å². The number of hydrogen-bond acceptors (Lipinski definition) is 4. The lowest BCUT2D eigenvalue weighted by Gasteiger charge is -2.20. The first-order valence-electron chi connectivity index (χ1n) is 12.4. The lowest BCUT2D eigenvalue weighted by atomic mass is 9.93. The second-order valence-corrected chi connectivity index (χ2v) is 10.2. The van der Waals surface area contributed by atoms with Gasteiger partial charge in [-0.25, -0.2) is 4.79 Å². The number of rotatable bonds is 11. The fraction of sp³-hybridized carbons (Fsp3) is 0.464. The van der Waals surface area contributed by atoms with Crippen LogP contribution in [-0.2, 0) is 14.3 Å². The van der Waals surface area contributed by atoms with Crippen LogP contribution in [0.2, 0.25) is 0 Å². The molecule has 7 nitrogen and oxygen atoms in total. The van der Waals surface area contributed by atoms with E-state index in [-0.39, 0.29) is 42.6 Å². The third kappa shape index (κ3) is 6.21. The van der Waals surface area contributed by atoms with Crippen molar-refractivity contribution in [1.29, 1.82) is 0 Å². The van der Waals surface area contributed by atoms with Crippen LogP contribution in [0, 0.1) is 23.7 Å². The Morgan fingerprint density at radius 1 is 1.00 bits per heavy atom. The van der Waals surface area contributed by atoms with Gasteiger partial charge in [0, 0.05) is 25.4 Å². The van der Waals surface area contributed by atoms with E-state index in [0.717, 1.165) is 17.5 Å². The van der Waals surface area contributed by atoms with E-state index < -0.39 is 12.1 Å². The molecule has 4 rings (SSSR count). The number of carboxylic acids is 1. The second-order valence-electron chi connectivity index (χ2n) is 10.2. The van der Waals surface area contributed by atoms with Gasteiger partial charge in [0.25, 0.3) is 0 Å². The number of hydrogen-bond donors (Lipinski definition) is 3. The zero-order chi connectivity index (χ0) is 24.9. The van der Waals surface area contributed by atoms with Gasteiger partial charge < -0.3 is 20.5 Å². The molecule has 3 N–H and O–H groups in total. The van der Waals surface area contributed by atoms with Gasteiger partial charge in [0.15, 0.2) is 0 Å². The molecule has 1 saturated carbocycles. The van der Waals surface area contributed by atoms with E-state index in [2.05, 4.69) is 48.7 Å². The van der Waals surface area contributed by atoms with Crippen molar-refractivity contribution in [1.82, 2.24) is 10.6 Å². The topological polar surface area (TPSA) is 105 Å². The van der Waals surface area contributed by atoms with Crippen LogP contribution >= 0.6 is 0 Å². The predicted molar refractivity (Wildman–Crippen MR) is 133 cm³/mol. The molecule has 2 amide bonds. The number of carboxylic acid groups (broad SMARTS) is 1. The molecular weight excluding hydrogens is 444 g/mol. The molecule has 2 aromatic carbocycles. The third-order valence-electron chi connectivity index (χ3n) is 6.96. The molecule has 0 bridgehead atoms. The summed E-state index contributed by atoms with van der Waals surface area (Å²) in [7, 11) is 0. The van der Waals surface area contributed by atoms with E-state index >= 15 is 0 Å². The van der Waals surface area contributed by atoms with Crippen LogP contribution in [0.3, 0.4) is 0 Å².